The van der Waals surface area contributed by atoms with Gasteiger partial charge < -0.3 is 70.8 Å². The number of ether oxygens (including phenoxy) is 8. The lowest BCUT2D eigenvalue weighted by atomic mass is 9.88. The minimum absolute atomic E-state index is 0.482. The van der Waals surface area contributed by atoms with E-state index in [1.807, 2.05) is 0 Å². The van der Waals surface area contributed by atoms with Crippen molar-refractivity contribution in [1.82, 2.24) is 0 Å². The van der Waals surface area contributed by atoms with Gasteiger partial charge in [-0.1, -0.05) is 0 Å². The van der Waals surface area contributed by atoms with Crippen LogP contribution in [0, 0.1) is 35.5 Å². The molecule has 0 amide bonds. The summed E-state index contributed by atoms with van der Waals surface area (Å²) in [6, 6.07) is 7.96. The molecule has 14 fully saturated rings. The summed E-state index contributed by atoms with van der Waals surface area (Å²) in [5, 5.41) is 0. The number of fused-ring (bicyclic) bond motifs is 6. The van der Waals surface area contributed by atoms with Gasteiger partial charge in [0, 0.05) is 26.4 Å². The van der Waals surface area contributed by atoms with Crippen molar-refractivity contribution in [2.24, 2.45) is 35.5 Å². The van der Waals surface area contributed by atoms with Crippen molar-refractivity contribution in [3.63, 3.8) is 0 Å². The maximum Gasteiger partial charge on any atom is 0.317 e. The van der Waals surface area contributed by atoms with Gasteiger partial charge in [-0.2, -0.15) is 0 Å². The zero-order valence-electron chi connectivity index (χ0n) is 55.4. The van der Waals surface area contributed by atoms with Crippen molar-refractivity contribution in [3.8, 4) is 0 Å². The molecular formula is C64H118O16Si8. The molecule has 0 bridgehead atoms. The van der Waals surface area contributed by atoms with Crippen LogP contribution in [0.1, 0.15) is 180 Å². The summed E-state index contributed by atoms with van der Waals surface area (Å²) in [6.07, 6.45) is 38.9. The zero-order chi connectivity index (χ0) is 60.1. The summed E-state index contributed by atoms with van der Waals surface area (Å²) in [6.45, 7) is 17.2. The number of unbranched alkanes of at least 4 members (excludes halogenated alkanes) is 1. The number of hydrogen-bond donors (Lipinski definition) is 0. The Hall–Kier alpha value is 1.10. The van der Waals surface area contributed by atoms with E-state index >= 15 is 0 Å². The molecule has 8 heterocycles. The highest BCUT2D eigenvalue weighted by Gasteiger charge is 2.59. The second-order valence-electron chi connectivity index (χ2n) is 32.3. The Morgan fingerprint density at radius 3 is 0.898 bits per heavy atom. The molecule has 88 heavy (non-hydrogen) atoms. The monoisotopic (exact) mass is 1370 g/mol. The second kappa shape index (κ2) is 28.5. The molecule has 0 radical (unpaired) electrons. The van der Waals surface area contributed by atoms with Crippen molar-refractivity contribution in [1.29, 1.82) is 0 Å². The van der Waals surface area contributed by atoms with Crippen LogP contribution in [0.15, 0.2) is 0 Å². The molecule has 14 rings (SSSR count). The molecule has 6 aliphatic carbocycles. The van der Waals surface area contributed by atoms with Crippen LogP contribution in [0.4, 0.5) is 0 Å². The van der Waals surface area contributed by atoms with E-state index in [-0.39, 0.29) is 0 Å². The Kier molecular flexibility index (Phi) is 21.5. The number of epoxide rings is 6. The molecular weight excluding hydrogens is 1250 g/mol. The van der Waals surface area contributed by atoms with E-state index in [1.165, 1.54) is 128 Å². The van der Waals surface area contributed by atoms with Gasteiger partial charge in [0.15, 0.2) is 0 Å². The van der Waals surface area contributed by atoms with E-state index in [1.54, 1.807) is 0 Å². The molecule has 0 spiro atoms. The third kappa shape index (κ3) is 18.6. The highest BCUT2D eigenvalue weighted by Crippen LogP contribution is 2.50. The lowest BCUT2D eigenvalue weighted by molar-refractivity contribution is 0.102. The van der Waals surface area contributed by atoms with E-state index in [0.29, 0.717) is 115 Å². The van der Waals surface area contributed by atoms with Gasteiger partial charge in [0.2, 0.25) is 0 Å². The highest BCUT2D eigenvalue weighted by molar-refractivity contribution is 6.94. The van der Waals surface area contributed by atoms with E-state index in [4.69, 9.17) is 70.8 Å². The van der Waals surface area contributed by atoms with Crippen LogP contribution in [0.25, 0.3) is 0 Å². The SMILES string of the molecule is C[Si]1(CCC2CCC3OC3C2)O[SiH](CCCOCCCCOCCC[Si]2(C)O[Si](C)(CCC3CCC4OC4C3)O[Si](C)(CCC3CCC4OC4C3)O[Si](C)(CCC3CCC4OC4C3)O2)O[SiH](CCC2CCC3OC3C2)O[Si](C)(CCC2CCC3OC3C2)O1. The maximum absolute atomic E-state index is 7.76. The van der Waals surface area contributed by atoms with Crippen LogP contribution < -0.4 is 0 Å². The summed E-state index contributed by atoms with van der Waals surface area (Å²) >= 11 is 0. The Bertz CT molecular complexity index is 2250. The Balaban J connectivity index is 0.554. The fourth-order valence-electron chi connectivity index (χ4n) is 18.7. The normalized spacial score (nSPS) is 49.8. The minimum atomic E-state index is -2.77. The van der Waals surface area contributed by atoms with Crippen molar-refractivity contribution in [2.75, 3.05) is 26.4 Å². The van der Waals surface area contributed by atoms with E-state index in [0.717, 1.165) is 120 Å². The van der Waals surface area contributed by atoms with Gasteiger partial charge in [-0.25, -0.2) is 0 Å². The quantitative estimate of drug-likeness (QED) is 0.0365. The van der Waals surface area contributed by atoms with E-state index in [9.17, 15) is 0 Å². The summed E-state index contributed by atoms with van der Waals surface area (Å²) in [4.78, 5) is 0. The zero-order valence-corrected chi connectivity index (χ0v) is 63.7. The van der Waals surface area contributed by atoms with Crippen LogP contribution in [-0.2, 0) is 70.8 Å². The van der Waals surface area contributed by atoms with Crippen molar-refractivity contribution >= 4 is 69.9 Å². The van der Waals surface area contributed by atoms with Crippen molar-refractivity contribution in [3.05, 3.63) is 0 Å². The largest absolute Gasteiger partial charge is 0.420 e. The molecule has 0 aromatic carbocycles. The lowest BCUT2D eigenvalue weighted by Crippen LogP contribution is -2.67. The predicted octanol–water partition coefficient (Wildman–Crippen LogP) is 13.4. The van der Waals surface area contributed by atoms with Crippen LogP contribution >= 0.6 is 0 Å². The molecule has 24 atom stereocenters. The first-order valence-corrected chi connectivity index (χ1v) is 55.7. The van der Waals surface area contributed by atoms with Gasteiger partial charge in [-0.15, -0.1) is 0 Å². The van der Waals surface area contributed by atoms with Gasteiger partial charge >= 0.3 is 69.9 Å². The van der Waals surface area contributed by atoms with E-state index < -0.39 is 69.9 Å². The molecule has 0 N–H and O–H groups in total. The predicted molar refractivity (Wildman–Crippen MR) is 355 cm³/mol. The Morgan fingerprint density at radius 2 is 0.557 bits per heavy atom. The number of hydrogen-bond acceptors (Lipinski definition) is 16. The molecule has 8 aliphatic heterocycles. The first-order valence-electron chi connectivity index (χ1n) is 37.1. The van der Waals surface area contributed by atoms with Crippen LogP contribution in [0.3, 0.4) is 0 Å². The first-order chi connectivity index (χ1) is 42.5. The molecule has 8 saturated heterocycles. The van der Waals surface area contributed by atoms with Gasteiger partial charge in [-0.3, -0.25) is 0 Å². The van der Waals surface area contributed by atoms with Crippen LogP contribution in [0.2, 0.25) is 87.6 Å². The third-order valence-electron chi connectivity index (χ3n) is 24.2. The smallest absolute Gasteiger partial charge is 0.317 e. The minimum Gasteiger partial charge on any atom is -0.420 e. The highest BCUT2D eigenvalue weighted by atomic mass is 28.5. The average molecular weight is 1370 g/mol. The topological polar surface area (TPSA) is 167 Å². The number of rotatable bonds is 31. The molecule has 24 unspecified atom stereocenters. The first kappa shape index (κ1) is 66.3. The summed E-state index contributed by atoms with van der Waals surface area (Å²) in [5.41, 5.74) is 0. The van der Waals surface area contributed by atoms with Crippen LogP contribution in [0.5, 0.6) is 0 Å². The van der Waals surface area contributed by atoms with Crippen molar-refractivity contribution in [2.45, 2.75) is 341 Å². The summed E-state index contributed by atoms with van der Waals surface area (Å²) < 4.78 is 110. The summed E-state index contributed by atoms with van der Waals surface area (Å²) in [5.74, 6) is 4.15. The molecule has 6 saturated carbocycles. The fraction of sp³-hybridized carbons (Fsp3) is 1.00. The Labute approximate surface area is 540 Å². The fourth-order valence-corrected chi connectivity index (χ4v) is 61.4. The average Bonchev–Trinajstić information content (AvgIpc) is 2.34. The Morgan fingerprint density at radius 1 is 0.284 bits per heavy atom. The molecule has 16 nitrogen and oxygen atoms in total. The standard InChI is InChI=1S/C64H118O16Si8/c1-83(36-24-48-12-18-54-60(42-48)68-54)74-81(73-82(34-23-47-11-17-53-59(41-47)67-53)75-84(2,76-83)37-25-49-13-19-55-61(43-49)69-55)33-9-31-65-29-7-8-30-66-32-10-35-85(3)77-86(4,38-26-50-14-20-56-62(44-50)70-56)79-88(6,40-28-52-16-22-58-64(46-52)72-58)80-87(5,78-85)39-27-51-15-21-57-63(45-51)71-57/h47-64,81-82H,7-46H2,1-6H3. The summed E-state index contributed by atoms with van der Waals surface area (Å²) in [7, 11) is -20.3. The van der Waals surface area contributed by atoms with Gasteiger partial charge in [0.05, 0.1) is 73.2 Å². The maximum atomic E-state index is 7.76. The third-order valence-corrected chi connectivity index (χ3v) is 58.9. The molecule has 0 aromatic heterocycles. The molecule has 14 aliphatic rings. The van der Waals surface area contributed by atoms with Gasteiger partial charge in [-0.05, 0) is 303 Å². The van der Waals surface area contributed by atoms with Crippen molar-refractivity contribution < 1.29 is 70.8 Å². The molecule has 24 heteroatoms. The van der Waals surface area contributed by atoms with Crippen LogP contribution in [-0.4, -0.2) is 170 Å². The van der Waals surface area contributed by atoms with Gasteiger partial charge in [0.1, 0.15) is 0 Å². The van der Waals surface area contributed by atoms with Gasteiger partial charge in [0.25, 0.3) is 0 Å². The molecule has 502 valence electrons. The molecule has 0 aromatic rings. The second-order valence-corrected chi connectivity index (χ2v) is 58.9. The lowest BCUT2D eigenvalue weighted by Gasteiger charge is -2.51. The van der Waals surface area contributed by atoms with E-state index in [2.05, 4.69) is 39.3 Å².